The Morgan fingerprint density at radius 2 is 1.55 bits per heavy atom. The minimum atomic E-state index is 1.14. The number of hydrogen-bond acceptors (Lipinski definition) is 1. The lowest BCUT2D eigenvalue weighted by Crippen LogP contribution is -1.89. The summed E-state index contributed by atoms with van der Waals surface area (Å²) in [5.41, 5.74) is 6.40. The standard InChI is InChI=1S/C19H15N/c1-20-16-10-8-13(9-11-16)18-12-15-6-2-4-14-5-3-7-17(18)19(14)15/h2-12,20H,1H3. The molecule has 0 spiro atoms. The zero-order valence-corrected chi connectivity index (χ0v) is 11.4. The Morgan fingerprint density at radius 3 is 2.30 bits per heavy atom. The van der Waals surface area contributed by atoms with E-state index in [0.29, 0.717) is 0 Å². The SMILES string of the molecule is CNc1ccc(C2=Cc3cccc4cccc2c34)cc1. The fraction of sp³-hybridized carbons (Fsp3) is 0.0526. The lowest BCUT2D eigenvalue weighted by molar-refractivity contribution is 1.50. The highest BCUT2D eigenvalue weighted by Crippen LogP contribution is 2.39. The van der Waals surface area contributed by atoms with Crippen LogP contribution in [0.25, 0.3) is 22.4 Å². The van der Waals surface area contributed by atoms with Gasteiger partial charge in [0.15, 0.2) is 0 Å². The molecule has 0 heterocycles. The molecule has 1 heteroatoms. The Balaban J connectivity index is 1.91. The molecule has 0 atom stereocenters. The summed E-state index contributed by atoms with van der Waals surface area (Å²) in [6, 6.07) is 21.7. The number of benzene rings is 3. The molecule has 0 saturated heterocycles. The molecule has 0 saturated carbocycles. The fourth-order valence-corrected chi connectivity index (χ4v) is 3.00. The predicted octanol–water partition coefficient (Wildman–Crippen LogP) is 4.78. The van der Waals surface area contributed by atoms with Crippen LogP contribution in [-0.4, -0.2) is 7.05 Å². The van der Waals surface area contributed by atoms with E-state index < -0.39 is 0 Å². The Bertz CT molecular complexity index is 821. The van der Waals surface area contributed by atoms with E-state index in [-0.39, 0.29) is 0 Å². The summed E-state index contributed by atoms with van der Waals surface area (Å²) in [6.07, 6.45) is 2.30. The van der Waals surface area contributed by atoms with Gasteiger partial charge in [-0.3, -0.25) is 0 Å². The summed E-state index contributed by atoms with van der Waals surface area (Å²) in [5.74, 6) is 0. The van der Waals surface area contributed by atoms with E-state index in [1.54, 1.807) is 0 Å². The quantitative estimate of drug-likeness (QED) is 0.544. The van der Waals surface area contributed by atoms with Crippen molar-refractivity contribution < 1.29 is 0 Å². The Morgan fingerprint density at radius 1 is 0.800 bits per heavy atom. The molecule has 1 N–H and O–H groups in total. The summed E-state index contributed by atoms with van der Waals surface area (Å²) in [5, 5.41) is 5.86. The molecule has 1 nitrogen and oxygen atoms in total. The van der Waals surface area contributed by atoms with Gasteiger partial charge >= 0.3 is 0 Å². The van der Waals surface area contributed by atoms with Gasteiger partial charge in [0.05, 0.1) is 0 Å². The first-order chi connectivity index (χ1) is 9.86. The van der Waals surface area contributed by atoms with Crippen LogP contribution in [0.15, 0.2) is 60.7 Å². The van der Waals surface area contributed by atoms with Crippen molar-refractivity contribution in [3.8, 4) is 0 Å². The molecule has 3 aromatic rings. The second-order valence-electron chi connectivity index (χ2n) is 5.14. The van der Waals surface area contributed by atoms with Crippen LogP contribution in [0.1, 0.15) is 16.7 Å². The van der Waals surface area contributed by atoms with E-state index >= 15 is 0 Å². The highest BCUT2D eigenvalue weighted by atomic mass is 14.8. The van der Waals surface area contributed by atoms with Crippen LogP contribution in [0.3, 0.4) is 0 Å². The Hall–Kier alpha value is -2.54. The molecule has 0 bridgehead atoms. The number of anilines is 1. The second-order valence-corrected chi connectivity index (χ2v) is 5.14. The van der Waals surface area contributed by atoms with E-state index in [2.05, 4.69) is 72.1 Å². The monoisotopic (exact) mass is 257 g/mol. The Kier molecular flexibility index (Phi) is 2.40. The van der Waals surface area contributed by atoms with Crippen LogP contribution in [0.5, 0.6) is 0 Å². The van der Waals surface area contributed by atoms with Gasteiger partial charge in [0.2, 0.25) is 0 Å². The fourth-order valence-electron chi connectivity index (χ4n) is 3.00. The van der Waals surface area contributed by atoms with Gasteiger partial charge in [0, 0.05) is 12.7 Å². The molecular formula is C19H15N. The summed E-state index contributed by atoms with van der Waals surface area (Å²) in [7, 11) is 1.94. The summed E-state index contributed by atoms with van der Waals surface area (Å²) in [6.45, 7) is 0. The molecule has 96 valence electrons. The molecule has 3 aromatic carbocycles. The lowest BCUT2D eigenvalue weighted by Gasteiger charge is -2.07. The molecule has 0 aromatic heterocycles. The minimum Gasteiger partial charge on any atom is -0.388 e. The van der Waals surface area contributed by atoms with Crippen LogP contribution in [-0.2, 0) is 0 Å². The largest absolute Gasteiger partial charge is 0.388 e. The van der Waals surface area contributed by atoms with Gasteiger partial charge in [-0.05, 0) is 51.2 Å². The molecule has 0 radical (unpaired) electrons. The van der Waals surface area contributed by atoms with Gasteiger partial charge in [-0.25, -0.2) is 0 Å². The van der Waals surface area contributed by atoms with Crippen molar-refractivity contribution in [2.75, 3.05) is 12.4 Å². The summed E-state index contributed by atoms with van der Waals surface area (Å²) in [4.78, 5) is 0. The zero-order chi connectivity index (χ0) is 13.5. The van der Waals surface area contributed by atoms with E-state index in [4.69, 9.17) is 0 Å². The molecule has 0 fully saturated rings. The van der Waals surface area contributed by atoms with Crippen molar-refractivity contribution in [3.63, 3.8) is 0 Å². The first-order valence-electron chi connectivity index (χ1n) is 6.89. The van der Waals surface area contributed by atoms with Gasteiger partial charge < -0.3 is 5.32 Å². The second kappa shape index (κ2) is 4.24. The third-order valence-corrected chi connectivity index (χ3v) is 4.01. The normalized spacial score (nSPS) is 12.6. The molecule has 4 rings (SSSR count). The number of hydrogen-bond donors (Lipinski definition) is 1. The molecule has 0 amide bonds. The number of nitrogens with one attached hydrogen (secondary N) is 1. The average molecular weight is 257 g/mol. The minimum absolute atomic E-state index is 1.14. The lowest BCUT2D eigenvalue weighted by atomic mass is 9.98. The molecular weight excluding hydrogens is 242 g/mol. The van der Waals surface area contributed by atoms with Crippen molar-refractivity contribution in [1.82, 2.24) is 0 Å². The number of rotatable bonds is 2. The smallest absolute Gasteiger partial charge is 0.0337 e. The maximum Gasteiger partial charge on any atom is 0.0337 e. The van der Waals surface area contributed by atoms with Crippen LogP contribution < -0.4 is 5.32 Å². The van der Waals surface area contributed by atoms with Crippen molar-refractivity contribution in [3.05, 3.63) is 77.4 Å². The highest BCUT2D eigenvalue weighted by Gasteiger charge is 2.16. The van der Waals surface area contributed by atoms with E-state index in [1.165, 1.54) is 33.0 Å². The van der Waals surface area contributed by atoms with Gasteiger partial charge in [-0.15, -0.1) is 0 Å². The van der Waals surface area contributed by atoms with Gasteiger partial charge in [-0.2, -0.15) is 0 Å². The van der Waals surface area contributed by atoms with Crippen molar-refractivity contribution in [2.45, 2.75) is 0 Å². The van der Waals surface area contributed by atoms with E-state index in [9.17, 15) is 0 Å². The first kappa shape index (κ1) is 11.3. The zero-order valence-electron chi connectivity index (χ0n) is 11.4. The van der Waals surface area contributed by atoms with Gasteiger partial charge in [-0.1, -0.05) is 48.5 Å². The van der Waals surface area contributed by atoms with Gasteiger partial charge in [0.25, 0.3) is 0 Å². The van der Waals surface area contributed by atoms with E-state index in [1.807, 2.05) is 7.05 Å². The van der Waals surface area contributed by atoms with Crippen molar-refractivity contribution in [2.24, 2.45) is 0 Å². The maximum atomic E-state index is 3.16. The highest BCUT2D eigenvalue weighted by molar-refractivity contribution is 6.12. The third-order valence-electron chi connectivity index (χ3n) is 4.01. The summed E-state index contributed by atoms with van der Waals surface area (Å²) < 4.78 is 0. The topological polar surface area (TPSA) is 12.0 Å². The van der Waals surface area contributed by atoms with Crippen LogP contribution in [0.2, 0.25) is 0 Å². The van der Waals surface area contributed by atoms with E-state index in [0.717, 1.165) is 5.69 Å². The Labute approximate surface area is 118 Å². The maximum absolute atomic E-state index is 3.16. The molecule has 0 unspecified atom stereocenters. The predicted molar refractivity (Wildman–Crippen MR) is 86.9 cm³/mol. The average Bonchev–Trinajstić information content (AvgIpc) is 2.89. The first-order valence-corrected chi connectivity index (χ1v) is 6.89. The molecule has 20 heavy (non-hydrogen) atoms. The molecule has 1 aliphatic carbocycles. The molecule has 1 aliphatic rings. The molecule has 0 aliphatic heterocycles. The van der Waals surface area contributed by atoms with Gasteiger partial charge in [0.1, 0.15) is 0 Å². The van der Waals surface area contributed by atoms with Crippen LogP contribution in [0.4, 0.5) is 5.69 Å². The van der Waals surface area contributed by atoms with Crippen molar-refractivity contribution >= 4 is 28.1 Å². The van der Waals surface area contributed by atoms with Crippen molar-refractivity contribution in [1.29, 1.82) is 0 Å². The summed E-state index contributed by atoms with van der Waals surface area (Å²) >= 11 is 0. The van der Waals surface area contributed by atoms with Crippen LogP contribution >= 0.6 is 0 Å². The third kappa shape index (κ3) is 1.56. The van der Waals surface area contributed by atoms with Crippen LogP contribution in [0, 0.1) is 0 Å².